The van der Waals surface area contributed by atoms with Crippen molar-refractivity contribution in [1.29, 1.82) is 0 Å². The fourth-order valence-electron chi connectivity index (χ4n) is 3.04. The van der Waals surface area contributed by atoms with Crippen molar-refractivity contribution in [3.63, 3.8) is 0 Å². The van der Waals surface area contributed by atoms with Gasteiger partial charge in [-0.25, -0.2) is 4.79 Å². The van der Waals surface area contributed by atoms with E-state index in [-0.39, 0.29) is 18.5 Å². The van der Waals surface area contributed by atoms with Crippen molar-refractivity contribution >= 4 is 12.0 Å². The maximum absolute atomic E-state index is 12.1. The third kappa shape index (κ3) is 5.02. The summed E-state index contributed by atoms with van der Waals surface area (Å²) in [5, 5.41) is 11.7. The van der Waals surface area contributed by atoms with Gasteiger partial charge in [-0.2, -0.15) is 0 Å². The van der Waals surface area contributed by atoms with Crippen LogP contribution in [0.15, 0.2) is 0 Å². The minimum absolute atomic E-state index is 0.0337. The second-order valence-corrected chi connectivity index (χ2v) is 6.09. The smallest absolute Gasteiger partial charge is 0.317 e. The maximum Gasteiger partial charge on any atom is 0.317 e. The highest BCUT2D eigenvalue weighted by Crippen LogP contribution is 2.28. The number of carboxylic acids is 1. The molecule has 5 heteroatoms. The molecule has 0 aromatic heterocycles. The van der Waals surface area contributed by atoms with Gasteiger partial charge in [-0.1, -0.05) is 25.7 Å². The van der Waals surface area contributed by atoms with Gasteiger partial charge >= 0.3 is 12.0 Å². The number of nitrogens with one attached hydrogen (secondary N) is 1. The molecule has 0 saturated heterocycles. The topological polar surface area (TPSA) is 69.6 Å². The van der Waals surface area contributed by atoms with Gasteiger partial charge in [0.2, 0.25) is 0 Å². The van der Waals surface area contributed by atoms with E-state index in [0.717, 1.165) is 25.2 Å². The lowest BCUT2D eigenvalue weighted by Gasteiger charge is -2.22. The van der Waals surface area contributed by atoms with Crippen molar-refractivity contribution in [3.05, 3.63) is 0 Å². The fourth-order valence-corrected chi connectivity index (χ4v) is 3.04. The van der Waals surface area contributed by atoms with Gasteiger partial charge in [0, 0.05) is 19.1 Å². The van der Waals surface area contributed by atoms with Crippen molar-refractivity contribution in [2.75, 3.05) is 13.1 Å². The molecule has 0 radical (unpaired) electrons. The SMILES string of the molecule is O=C(O)CCN(C(=O)NCCCC1CCCC1)C1CC1. The van der Waals surface area contributed by atoms with Crippen LogP contribution in [0, 0.1) is 5.92 Å². The largest absolute Gasteiger partial charge is 0.481 e. The molecule has 2 amide bonds. The minimum atomic E-state index is -0.843. The zero-order valence-electron chi connectivity index (χ0n) is 12.1. The van der Waals surface area contributed by atoms with Crippen molar-refractivity contribution < 1.29 is 14.7 Å². The van der Waals surface area contributed by atoms with E-state index in [4.69, 9.17) is 5.11 Å². The Labute approximate surface area is 120 Å². The monoisotopic (exact) mass is 282 g/mol. The van der Waals surface area contributed by atoms with E-state index in [1.54, 1.807) is 4.90 Å². The summed E-state index contributed by atoms with van der Waals surface area (Å²) in [6, 6.07) is 0.185. The number of hydrogen-bond acceptors (Lipinski definition) is 2. The van der Waals surface area contributed by atoms with Gasteiger partial charge in [-0.05, 0) is 31.6 Å². The third-order valence-corrected chi connectivity index (χ3v) is 4.36. The van der Waals surface area contributed by atoms with Crippen LogP contribution in [0.3, 0.4) is 0 Å². The first kappa shape index (κ1) is 15.1. The Morgan fingerprint density at radius 1 is 1.15 bits per heavy atom. The Balaban J connectivity index is 1.62. The summed E-state index contributed by atoms with van der Waals surface area (Å²) in [5.41, 5.74) is 0. The van der Waals surface area contributed by atoms with E-state index in [2.05, 4.69) is 5.32 Å². The third-order valence-electron chi connectivity index (χ3n) is 4.36. The molecule has 2 N–H and O–H groups in total. The van der Waals surface area contributed by atoms with E-state index >= 15 is 0 Å². The number of carbonyl (C=O) groups excluding carboxylic acids is 1. The van der Waals surface area contributed by atoms with Gasteiger partial charge < -0.3 is 15.3 Å². The summed E-state index contributed by atoms with van der Waals surface area (Å²) in [4.78, 5) is 24.4. The Kier molecular flexibility index (Phi) is 5.68. The van der Waals surface area contributed by atoms with E-state index < -0.39 is 5.97 Å². The molecule has 5 nitrogen and oxygen atoms in total. The second-order valence-electron chi connectivity index (χ2n) is 6.09. The number of amides is 2. The summed E-state index contributed by atoms with van der Waals surface area (Å²) >= 11 is 0. The Morgan fingerprint density at radius 3 is 2.45 bits per heavy atom. The lowest BCUT2D eigenvalue weighted by atomic mass is 10.0. The first-order chi connectivity index (χ1) is 9.66. The van der Waals surface area contributed by atoms with Crippen LogP contribution < -0.4 is 5.32 Å². The van der Waals surface area contributed by atoms with Crippen LogP contribution in [-0.2, 0) is 4.79 Å². The van der Waals surface area contributed by atoms with E-state index in [9.17, 15) is 9.59 Å². The van der Waals surface area contributed by atoms with Crippen molar-refractivity contribution in [2.24, 2.45) is 5.92 Å². The lowest BCUT2D eigenvalue weighted by molar-refractivity contribution is -0.137. The Bertz CT molecular complexity index is 336. The maximum atomic E-state index is 12.1. The number of carbonyl (C=O) groups is 2. The summed E-state index contributed by atoms with van der Waals surface area (Å²) in [7, 11) is 0. The van der Waals surface area contributed by atoms with Crippen molar-refractivity contribution in [3.8, 4) is 0 Å². The first-order valence-electron chi connectivity index (χ1n) is 7.93. The quantitative estimate of drug-likeness (QED) is 0.672. The molecule has 0 aromatic carbocycles. The lowest BCUT2D eigenvalue weighted by Crippen LogP contribution is -2.42. The molecule has 0 heterocycles. The number of urea groups is 1. The Hall–Kier alpha value is -1.26. The standard InChI is InChI=1S/C15H26N2O3/c18-14(19)9-11-17(13-7-8-13)15(20)16-10-3-6-12-4-1-2-5-12/h12-13H,1-11H2,(H,16,20)(H,18,19). The van der Waals surface area contributed by atoms with Crippen LogP contribution in [0.1, 0.15) is 57.8 Å². The Morgan fingerprint density at radius 2 is 1.85 bits per heavy atom. The van der Waals surface area contributed by atoms with Crippen molar-refractivity contribution in [2.45, 2.75) is 63.8 Å². The molecule has 2 saturated carbocycles. The number of rotatable bonds is 8. The molecule has 2 aliphatic rings. The first-order valence-corrected chi connectivity index (χ1v) is 7.93. The molecule has 2 rings (SSSR count). The normalized spacial score (nSPS) is 19.0. The van der Waals surface area contributed by atoms with Gasteiger partial charge in [0.25, 0.3) is 0 Å². The minimum Gasteiger partial charge on any atom is -0.481 e. The zero-order chi connectivity index (χ0) is 14.4. The summed E-state index contributed by atoms with van der Waals surface area (Å²) in [5.74, 6) is 0.0168. The van der Waals surface area contributed by atoms with Crippen LogP contribution in [-0.4, -0.2) is 41.1 Å². The van der Waals surface area contributed by atoms with E-state index in [0.29, 0.717) is 13.1 Å². The molecule has 0 aromatic rings. The molecule has 20 heavy (non-hydrogen) atoms. The molecule has 114 valence electrons. The van der Waals surface area contributed by atoms with Crippen LogP contribution >= 0.6 is 0 Å². The van der Waals surface area contributed by atoms with Crippen LogP contribution in [0.5, 0.6) is 0 Å². The number of aliphatic carboxylic acids is 1. The molecule has 2 aliphatic carbocycles. The number of carboxylic acid groups (broad SMARTS) is 1. The van der Waals surface area contributed by atoms with Gasteiger partial charge in [-0.15, -0.1) is 0 Å². The second kappa shape index (κ2) is 7.50. The molecule has 0 unspecified atom stereocenters. The predicted octanol–water partition coefficient (Wildman–Crippen LogP) is 2.61. The molecule has 0 bridgehead atoms. The molecular weight excluding hydrogens is 256 g/mol. The molecule has 2 fully saturated rings. The van der Waals surface area contributed by atoms with Gasteiger partial charge in [-0.3, -0.25) is 4.79 Å². The predicted molar refractivity (Wildman–Crippen MR) is 76.6 cm³/mol. The van der Waals surface area contributed by atoms with E-state index in [1.807, 2.05) is 0 Å². The number of hydrogen-bond donors (Lipinski definition) is 2. The molecule has 0 aliphatic heterocycles. The summed E-state index contributed by atoms with van der Waals surface area (Å²) < 4.78 is 0. The average molecular weight is 282 g/mol. The molecular formula is C15H26N2O3. The van der Waals surface area contributed by atoms with Crippen molar-refractivity contribution in [1.82, 2.24) is 10.2 Å². The van der Waals surface area contributed by atoms with Crippen LogP contribution in [0.2, 0.25) is 0 Å². The highest BCUT2D eigenvalue weighted by Gasteiger charge is 2.32. The zero-order valence-corrected chi connectivity index (χ0v) is 12.1. The highest BCUT2D eigenvalue weighted by molar-refractivity contribution is 5.76. The molecule has 0 spiro atoms. The van der Waals surface area contributed by atoms with Gasteiger partial charge in [0.1, 0.15) is 0 Å². The van der Waals surface area contributed by atoms with E-state index in [1.165, 1.54) is 32.1 Å². The molecule has 0 atom stereocenters. The average Bonchev–Trinajstić information content (AvgIpc) is 3.11. The van der Waals surface area contributed by atoms with Gasteiger partial charge in [0.05, 0.1) is 6.42 Å². The summed E-state index contributed by atoms with van der Waals surface area (Å²) in [6.07, 6.45) is 9.72. The summed E-state index contributed by atoms with van der Waals surface area (Å²) in [6.45, 7) is 1.04. The fraction of sp³-hybridized carbons (Fsp3) is 0.867. The van der Waals surface area contributed by atoms with Gasteiger partial charge in [0.15, 0.2) is 0 Å². The highest BCUT2D eigenvalue weighted by atomic mass is 16.4. The van der Waals surface area contributed by atoms with Crippen LogP contribution in [0.25, 0.3) is 0 Å². The number of nitrogens with zero attached hydrogens (tertiary/aromatic N) is 1. The van der Waals surface area contributed by atoms with Crippen LogP contribution in [0.4, 0.5) is 4.79 Å².